The molecule has 1 aromatic carbocycles. The zero-order chi connectivity index (χ0) is 13.7. The van der Waals surface area contributed by atoms with Gasteiger partial charge in [-0.3, -0.25) is 0 Å². The molecule has 1 aliphatic carbocycles. The van der Waals surface area contributed by atoms with Crippen LogP contribution in [0.5, 0.6) is 0 Å². The van der Waals surface area contributed by atoms with Gasteiger partial charge in [0.25, 0.3) is 0 Å². The number of aryl methyl sites for hydroxylation is 1. The average molecular weight is 281 g/mol. The minimum atomic E-state index is -2.86. The summed E-state index contributed by atoms with van der Waals surface area (Å²) < 4.78 is 23.3. The normalized spacial score (nSPS) is 19.1. The van der Waals surface area contributed by atoms with Gasteiger partial charge in [0.15, 0.2) is 9.84 Å². The molecule has 0 bridgehead atoms. The van der Waals surface area contributed by atoms with Crippen LogP contribution in [0.25, 0.3) is 0 Å². The van der Waals surface area contributed by atoms with Crippen LogP contribution in [0.15, 0.2) is 24.3 Å². The van der Waals surface area contributed by atoms with Crippen molar-refractivity contribution in [3.63, 3.8) is 0 Å². The smallest absolute Gasteiger partial charge is 0.151 e. The molecule has 0 heterocycles. The fourth-order valence-electron chi connectivity index (χ4n) is 2.70. The van der Waals surface area contributed by atoms with Crippen LogP contribution in [-0.4, -0.2) is 32.5 Å². The second-order valence-corrected chi connectivity index (χ2v) is 7.62. The zero-order valence-electron chi connectivity index (χ0n) is 11.6. The van der Waals surface area contributed by atoms with Crippen LogP contribution >= 0.6 is 0 Å². The van der Waals surface area contributed by atoms with Crippen molar-refractivity contribution in [2.24, 2.45) is 0 Å². The van der Waals surface area contributed by atoms with Crippen molar-refractivity contribution in [2.75, 3.05) is 18.1 Å². The Labute approximate surface area is 116 Å². The fourth-order valence-corrected chi connectivity index (χ4v) is 3.96. The Kier molecular flexibility index (Phi) is 4.99. The monoisotopic (exact) mass is 281 g/mol. The van der Waals surface area contributed by atoms with E-state index in [1.807, 2.05) is 6.92 Å². The van der Waals surface area contributed by atoms with E-state index in [1.54, 1.807) is 0 Å². The quantitative estimate of drug-likeness (QED) is 0.867. The lowest BCUT2D eigenvalue weighted by atomic mass is 9.88. The molecule has 0 aliphatic heterocycles. The highest BCUT2D eigenvalue weighted by Crippen LogP contribution is 2.20. The Morgan fingerprint density at radius 3 is 2.68 bits per heavy atom. The minimum Gasteiger partial charge on any atom is -0.313 e. The highest BCUT2D eigenvalue weighted by molar-refractivity contribution is 7.91. The lowest BCUT2D eigenvalue weighted by Crippen LogP contribution is -2.37. The molecule has 1 atom stereocenters. The van der Waals surface area contributed by atoms with Crippen LogP contribution in [0.1, 0.15) is 30.9 Å². The van der Waals surface area contributed by atoms with Gasteiger partial charge in [0.1, 0.15) is 0 Å². The predicted octanol–water partition coefficient (Wildman–Crippen LogP) is 1.96. The van der Waals surface area contributed by atoms with Gasteiger partial charge in [-0.2, -0.15) is 0 Å². The van der Waals surface area contributed by atoms with E-state index in [0.29, 0.717) is 24.8 Å². The van der Waals surface area contributed by atoms with Crippen LogP contribution in [0.2, 0.25) is 0 Å². The Balaban J connectivity index is 1.80. The number of fused-ring (bicyclic) bond motifs is 1. The summed E-state index contributed by atoms with van der Waals surface area (Å²) in [6, 6.07) is 8.96. The first kappa shape index (κ1) is 14.5. The summed E-state index contributed by atoms with van der Waals surface area (Å²) in [6.45, 7) is 2.48. The molecule has 0 saturated heterocycles. The van der Waals surface area contributed by atoms with Crippen molar-refractivity contribution in [3.05, 3.63) is 35.4 Å². The Morgan fingerprint density at radius 1 is 1.21 bits per heavy atom. The average Bonchev–Trinajstić information content (AvgIpc) is 2.38. The molecule has 0 aromatic heterocycles. The molecular weight excluding hydrogens is 258 g/mol. The molecule has 0 saturated carbocycles. The van der Waals surface area contributed by atoms with Crippen LogP contribution in [0.4, 0.5) is 0 Å². The molecule has 1 unspecified atom stereocenters. The van der Waals surface area contributed by atoms with Crippen LogP contribution < -0.4 is 5.32 Å². The van der Waals surface area contributed by atoms with E-state index in [0.717, 1.165) is 19.3 Å². The second kappa shape index (κ2) is 6.53. The molecule has 4 heteroatoms. The van der Waals surface area contributed by atoms with Crippen LogP contribution in [0.3, 0.4) is 0 Å². The summed E-state index contributed by atoms with van der Waals surface area (Å²) in [5, 5.41) is 3.40. The topological polar surface area (TPSA) is 46.2 Å². The van der Waals surface area contributed by atoms with Crippen molar-refractivity contribution >= 4 is 9.84 Å². The molecule has 0 radical (unpaired) electrons. The highest BCUT2D eigenvalue weighted by Gasteiger charge is 2.18. The molecule has 3 nitrogen and oxygen atoms in total. The maximum atomic E-state index is 11.6. The predicted molar refractivity (Wildman–Crippen MR) is 79.2 cm³/mol. The van der Waals surface area contributed by atoms with E-state index < -0.39 is 9.84 Å². The summed E-state index contributed by atoms with van der Waals surface area (Å²) in [6.07, 6.45) is 3.92. The molecule has 0 spiro atoms. The second-order valence-electron chi connectivity index (χ2n) is 5.31. The third-order valence-corrected chi connectivity index (χ3v) is 5.56. The molecule has 1 N–H and O–H groups in total. The molecule has 106 valence electrons. The highest BCUT2D eigenvalue weighted by atomic mass is 32.2. The van der Waals surface area contributed by atoms with Crippen molar-refractivity contribution in [3.8, 4) is 0 Å². The van der Waals surface area contributed by atoms with Crippen molar-refractivity contribution in [1.29, 1.82) is 0 Å². The SMILES string of the molecule is CCCS(=O)(=O)CCNC1CCc2ccccc2C1. The van der Waals surface area contributed by atoms with E-state index in [-0.39, 0.29) is 5.75 Å². The Hall–Kier alpha value is -0.870. The van der Waals surface area contributed by atoms with E-state index in [2.05, 4.69) is 29.6 Å². The molecule has 0 amide bonds. The molecule has 2 rings (SSSR count). The van der Waals surface area contributed by atoms with Gasteiger partial charge in [-0.25, -0.2) is 8.42 Å². The number of sulfone groups is 1. The number of hydrogen-bond donors (Lipinski definition) is 1. The number of nitrogens with one attached hydrogen (secondary N) is 1. The summed E-state index contributed by atoms with van der Waals surface area (Å²) >= 11 is 0. The Morgan fingerprint density at radius 2 is 1.95 bits per heavy atom. The molecule has 19 heavy (non-hydrogen) atoms. The van der Waals surface area contributed by atoms with E-state index in [9.17, 15) is 8.42 Å². The van der Waals surface area contributed by atoms with Crippen molar-refractivity contribution in [2.45, 2.75) is 38.6 Å². The van der Waals surface area contributed by atoms with Gasteiger partial charge in [-0.15, -0.1) is 0 Å². The van der Waals surface area contributed by atoms with E-state index >= 15 is 0 Å². The molecular formula is C15H23NO2S. The first-order valence-electron chi connectivity index (χ1n) is 7.11. The van der Waals surface area contributed by atoms with Gasteiger partial charge < -0.3 is 5.32 Å². The van der Waals surface area contributed by atoms with Gasteiger partial charge in [0, 0.05) is 18.3 Å². The summed E-state index contributed by atoms with van der Waals surface area (Å²) in [5.41, 5.74) is 2.85. The van der Waals surface area contributed by atoms with Gasteiger partial charge in [-0.1, -0.05) is 31.2 Å². The zero-order valence-corrected chi connectivity index (χ0v) is 12.4. The maximum absolute atomic E-state index is 11.6. The van der Waals surface area contributed by atoms with Crippen molar-refractivity contribution in [1.82, 2.24) is 5.32 Å². The summed E-state index contributed by atoms with van der Waals surface area (Å²) in [5.74, 6) is 0.571. The number of rotatable bonds is 6. The minimum absolute atomic E-state index is 0.263. The first-order chi connectivity index (χ1) is 9.11. The van der Waals surface area contributed by atoms with Gasteiger partial charge in [0.2, 0.25) is 0 Å². The standard InChI is InChI=1S/C15H23NO2S/c1-2-10-19(17,18)11-9-16-15-8-7-13-5-3-4-6-14(13)12-15/h3-6,15-16H,2,7-12H2,1H3. The molecule has 1 aliphatic rings. The Bertz CT molecular complexity index is 511. The summed E-state index contributed by atoms with van der Waals surface area (Å²) in [7, 11) is -2.86. The van der Waals surface area contributed by atoms with Crippen LogP contribution in [0, 0.1) is 0 Å². The summed E-state index contributed by atoms with van der Waals surface area (Å²) in [4.78, 5) is 0. The van der Waals surface area contributed by atoms with E-state index in [4.69, 9.17) is 0 Å². The largest absolute Gasteiger partial charge is 0.313 e. The van der Waals surface area contributed by atoms with Gasteiger partial charge in [-0.05, 0) is 36.8 Å². The number of hydrogen-bond acceptors (Lipinski definition) is 3. The van der Waals surface area contributed by atoms with Crippen molar-refractivity contribution < 1.29 is 8.42 Å². The number of benzene rings is 1. The third-order valence-electron chi connectivity index (χ3n) is 3.71. The third kappa shape index (κ3) is 4.32. The lowest BCUT2D eigenvalue weighted by molar-refractivity contribution is 0.469. The maximum Gasteiger partial charge on any atom is 0.151 e. The van der Waals surface area contributed by atoms with E-state index in [1.165, 1.54) is 11.1 Å². The first-order valence-corrected chi connectivity index (χ1v) is 8.93. The fraction of sp³-hybridized carbons (Fsp3) is 0.600. The van der Waals surface area contributed by atoms with Crippen LogP contribution in [-0.2, 0) is 22.7 Å². The van der Waals surface area contributed by atoms with Gasteiger partial charge >= 0.3 is 0 Å². The molecule has 0 fully saturated rings. The molecule has 1 aromatic rings. The van der Waals surface area contributed by atoms with Gasteiger partial charge in [0.05, 0.1) is 5.75 Å². The lowest BCUT2D eigenvalue weighted by Gasteiger charge is -2.25.